The summed E-state index contributed by atoms with van der Waals surface area (Å²) in [5.41, 5.74) is 0.656. The molecule has 0 radical (unpaired) electrons. The predicted octanol–water partition coefficient (Wildman–Crippen LogP) is 1.20. The number of esters is 1. The molecule has 2 atom stereocenters. The van der Waals surface area contributed by atoms with E-state index >= 15 is 0 Å². The third-order valence-corrected chi connectivity index (χ3v) is 4.15. The lowest BCUT2D eigenvalue weighted by atomic mass is 9.89. The van der Waals surface area contributed by atoms with Gasteiger partial charge >= 0.3 is 5.97 Å². The van der Waals surface area contributed by atoms with E-state index in [1.54, 1.807) is 19.2 Å². The molecule has 1 saturated heterocycles. The van der Waals surface area contributed by atoms with Crippen molar-refractivity contribution in [1.29, 1.82) is 0 Å². The second-order valence-electron chi connectivity index (χ2n) is 5.23. The van der Waals surface area contributed by atoms with Crippen LogP contribution in [-0.4, -0.2) is 58.3 Å². The minimum absolute atomic E-state index is 0.134. The van der Waals surface area contributed by atoms with Gasteiger partial charge in [-0.25, -0.2) is 4.79 Å². The van der Waals surface area contributed by atoms with Crippen LogP contribution in [0.2, 0.25) is 0 Å². The normalized spacial score (nSPS) is 20.4. The van der Waals surface area contributed by atoms with Crippen molar-refractivity contribution in [2.75, 3.05) is 35.5 Å². The Morgan fingerprint density at radius 2 is 1.65 bits per heavy atom. The first-order valence-electron chi connectivity index (χ1n) is 7.11. The Kier molecular flexibility index (Phi) is 4.98. The maximum Gasteiger partial charge on any atom is 0.329 e. The highest BCUT2D eigenvalue weighted by molar-refractivity contribution is 5.90. The lowest BCUT2D eigenvalue weighted by Crippen LogP contribution is -2.38. The van der Waals surface area contributed by atoms with Crippen molar-refractivity contribution in [3.63, 3.8) is 0 Å². The standard InChI is InChI=1S/C16H21NO6/c1-17-13(18)8-10(15(17)16(19)23-5)14-11(21-3)6-9(20-2)7-12(14)22-4/h6-7,10,15H,8H2,1-5H3/t10-,15-/m1/s1. The van der Waals surface area contributed by atoms with E-state index in [1.165, 1.54) is 33.3 Å². The molecular formula is C16H21NO6. The summed E-state index contributed by atoms with van der Waals surface area (Å²) in [5.74, 6) is 0.547. The number of likely N-dealkylation sites (tertiary alicyclic amines) is 1. The van der Waals surface area contributed by atoms with Crippen LogP contribution in [0.15, 0.2) is 12.1 Å². The molecule has 0 spiro atoms. The summed E-state index contributed by atoms with van der Waals surface area (Å²) in [7, 11) is 7.47. The van der Waals surface area contributed by atoms with E-state index in [2.05, 4.69) is 0 Å². The molecule has 7 heteroatoms. The lowest BCUT2D eigenvalue weighted by molar-refractivity contribution is -0.148. The fraction of sp³-hybridized carbons (Fsp3) is 0.500. The highest BCUT2D eigenvalue weighted by Gasteiger charge is 2.46. The molecule has 1 amide bonds. The van der Waals surface area contributed by atoms with Crippen LogP contribution in [0, 0.1) is 0 Å². The van der Waals surface area contributed by atoms with Gasteiger partial charge in [-0.3, -0.25) is 4.79 Å². The Balaban J connectivity index is 2.59. The number of hydrogen-bond acceptors (Lipinski definition) is 6. The Labute approximate surface area is 135 Å². The lowest BCUT2D eigenvalue weighted by Gasteiger charge is -2.25. The molecule has 23 heavy (non-hydrogen) atoms. The van der Waals surface area contributed by atoms with Gasteiger partial charge in [-0.05, 0) is 0 Å². The minimum atomic E-state index is -0.719. The zero-order valence-electron chi connectivity index (χ0n) is 13.9. The van der Waals surface area contributed by atoms with Gasteiger partial charge in [-0.15, -0.1) is 0 Å². The number of likely N-dealkylation sites (N-methyl/N-ethyl adjacent to an activating group) is 1. The van der Waals surface area contributed by atoms with E-state index in [-0.39, 0.29) is 12.3 Å². The number of carbonyl (C=O) groups is 2. The molecule has 0 saturated carbocycles. The molecule has 0 N–H and O–H groups in total. The van der Waals surface area contributed by atoms with Crippen molar-refractivity contribution in [3.8, 4) is 17.2 Å². The molecule has 0 aromatic heterocycles. The van der Waals surface area contributed by atoms with Gasteiger partial charge in [0.2, 0.25) is 5.91 Å². The van der Waals surface area contributed by atoms with Crippen LogP contribution in [0.3, 0.4) is 0 Å². The summed E-state index contributed by atoms with van der Waals surface area (Å²) >= 11 is 0. The van der Waals surface area contributed by atoms with Gasteiger partial charge in [0.15, 0.2) is 0 Å². The quantitative estimate of drug-likeness (QED) is 0.758. The SMILES string of the molecule is COC(=O)[C@H]1[C@@H](c2c(OC)cc(OC)cc2OC)CC(=O)N1C. The Hall–Kier alpha value is -2.44. The van der Waals surface area contributed by atoms with Gasteiger partial charge in [0.1, 0.15) is 23.3 Å². The number of methoxy groups -OCH3 is 4. The van der Waals surface area contributed by atoms with Crippen LogP contribution >= 0.6 is 0 Å². The highest BCUT2D eigenvalue weighted by Crippen LogP contribution is 2.45. The fourth-order valence-electron chi connectivity index (χ4n) is 2.97. The third-order valence-electron chi connectivity index (χ3n) is 4.15. The van der Waals surface area contributed by atoms with Gasteiger partial charge in [0.25, 0.3) is 0 Å². The number of benzene rings is 1. The number of hydrogen-bond donors (Lipinski definition) is 0. The van der Waals surface area contributed by atoms with E-state index in [0.717, 1.165) is 0 Å². The highest BCUT2D eigenvalue weighted by atomic mass is 16.5. The van der Waals surface area contributed by atoms with Gasteiger partial charge in [-0.2, -0.15) is 0 Å². The number of rotatable bonds is 5. The Bertz CT molecular complexity index is 590. The van der Waals surface area contributed by atoms with Gasteiger partial charge < -0.3 is 23.8 Å². The maximum atomic E-state index is 12.2. The van der Waals surface area contributed by atoms with Crippen molar-refractivity contribution >= 4 is 11.9 Å². The third kappa shape index (κ3) is 2.91. The first-order chi connectivity index (χ1) is 11.0. The maximum absolute atomic E-state index is 12.2. The summed E-state index contributed by atoms with van der Waals surface area (Å²) in [6, 6.07) is 2.69. The number of nitrogens with zero attached hydrogens (tertiary/aromatic N) is 1. The van der Waals surface area contributed by atoms with E-state index in [9.17, 15) is 9.59 Å². The Morgan fingerprint density at radius 1 is 1.09 bits per heavy atom. The van der Waals surface area contributed by atoms with Crippen molar-refractivity contribution in [3.05, 3.63) is 17.7 Å². The van der Waals surface area contributed by atoms with Crippen molar-refractivity contribution < 1.29 is 28.5 Å². The zero-order chi connectivity index (χ0) is 17.1. The van der Waals surface area contributed by atoms with E-state index in [4.69, 9.17) is 18.9 Å². The van der Waals surface area contributed by atoms with Crippen LogP contribution in [0.4, 0.5) is 0 Å². The van der Waals surface area contributed by atoms with Gasteiger partial charge in [0.05, 0.1) is 28.4 Å². The number of amides is 1. The molecule has 1 aromatic rings. The molecule has 0 aliphatic carbocycles. The molecule has 2 rings (SSSR count). The summed E-state index contributed by atoms with van der Waals surface area (Å²) in [5, 5.41) is 0. The van der Waals surface area contributed by atoms with Crippen LogP contribution < -0.4 is 14.2 Å². The summed E-state index contributed by atoms with van der Waals surface area (Å²) in [6.07, 6.45) is 0.176. The average Bonchev–Trinajstić information content (AvgIpc) is 2.87. The van der Waals surface area contributed by atoms with Crippen LogP contribution in [0.1, 0.15) is 17.9 Å². The summed E-state index contributed by atoms with van der Waals surface area (Å²) in [4.78, 5) is 25.7. The molecule has 1 heterocycles. The van der Waals surface area contributed by atoms with Crippen molar-refractivity contribution in [2.24, 2.45) is 0 Å². The van der Waals surface area contributed by atoms with E-state index < -0.39 is 17.9 Å². The smallest absolute Gasteiger partial charge is 0.329 e. The van der Waals surface area contributed by atoms with Crippen molar-refractivity contribution in [2.45, 2.75) is 18.4 Å². The second kappa shape index (κ2) is 6.76. The molecule has 126 valence electrons. The monoisotopic (exact) mass is 323 g/mol. The van der Waals surface area contributed by atoms with Gasteiger partial charge in [-0.1, -0.05) is 0 Å². The van der Waals surface area contributed by atoms with Crippen LogP contribution in [-0.2, 0) is 14.3 Å². The van der Waals surface area contributed by atoms with E-state index in [0.29, 0.717) is 22.8 Å². The second-order valence-corrected chi connectivity index (χ2v) is 5.23. The van der Waals surface area contributed by atoms with Gasteiger partial charge in [0, 0.05) is 37.1 Å². The minimum Gasteiger partial charge on any atom is -0.496 e. The molecule has 0 unspecified atom stereocenters. The van der Waals surface area contributed by atoms with Crippen LogP contribution in [0.5, 0.6) is 17.2 Å². The number of ether oxygens (including phenoxy) is 4. The molecular weight excluding hydrogens is 302 g/mol. The average molecular weight is 323 g/mol. The van der Waals surface area contributed by atoms with Crippen molar-refractivity contribution in [1.82, 2.24) is 4.90 Å². The molecule has 1 aliphatic rings. The molecule has 0 bridgehead atoms. The number of carbonyl (C=O) groups excluding carboxylic acids is 2. The first kappa shape index (κ1) is 16.9. The summed E-state index contributed by atoms with van der Waals surface area (Å²) < 4.78 is 20.9. The predicted molar refractivity (Wildman–Crippen MR) is 82.0 cm³/mol. The molecule has 1 aliphatic heterocycles. The topological polar surface area (TPSA) is 74.3 Å². The fourth-order valence-corrected chi connectivity index (χ4v) is 2.97. The zero-order valence-corrected chi connectivity index (χ0v) is 13.9. The Morgan fingerprint density at radius 3 is 2.09 bits per heavy atom. The summed E-state index contributed by atoms with van der Waals surface area (Å²) in [6.45, 7) is 0. The van der Waals surface area contributed by atoms with Crippen LogP contribution in [0.25, 0.3) is 0 Å². The van der Waals surface area contributed by atoms with E-state index in [1.807, 2.05) is 0 Å². The molecule has 1 fully saturated rings. The molecule has 1 aromatic carbocycles. The first-order valence-corrected chi connectivity index (χ1v) is 7.11. The largest absolute Gasteiger partial charge is 0.496 e. The molecule has 7 nitrogen and oxygen atoms in total.